The van der Waals surface area contributed by atoms with Crippen molar-refractivity contribution < 1.29 is 5.11 Å². The number of hydrogen-bond acceptors (Lipinski definition) is 1. The number of aliphatic hydroxyl groups excluding tert-OH is 1. The van der Waals surface area contributed by atoms with E-state index < -0.39 is 0 Å². The predicted octanol–water partition coefficient (Wildman–Crippen LogP) is 29.1. The van der Waals surface area contributed by atoms with Crippen LogP contribution in [0, 0.1) is 83.1 Å². The van der Waals surface area contributed by atoms with Gasteiger partial charge in [0, 0.05) is 6.61 Å². The quantitative estimate of drug-likeness (QED) is 0.107. The summed E-state index contributed by atoms with van der Waals surface area (Å²) in [6.07, 6.45) is 8.39. The molecule has 0 bridgehead atoms. The summed E-state index contributed by atoms with van der Waals surface area (Å²) in [6.45, 7) is 25.6. The van der Waals surface area contributed by atoms with Gasteiger partial charge in [-0.2, -0.15) is 0 Å². The van der Waals surface area contributed by atoms with Gasteiger partial charge >= 0.3 is 0 Å². The molecule has 0 aromatic heterocycles. The molecule has 0 heterocycles. The molecular weight excluding hydrogens is 1300 g/mol. The lowest BCUT2D eigenvalue weighted by atomic mass is 9.92. The van der Waals surface area contributed by atoms with Crippen molar-refractivity contribution in [1.82, 2.24) is 0 Å². The number of aliphatic hydroxyl groups is 1. The zero-order valence-corrected chi connectivity index (χ0v) is 65.4. The van der Waals surface area contributed by atoms with E-state index in [1.165, 1.54) is 160 Å². The van der Waals surface area contributed by atoms with Gasteiger partial charge in [-0.15, -0.1) is 0 Å². The van der Waals surface area contributed by atoms with Crippen LogP contribution >= 0.6 is 0 Å². The number of rotatable bonds is 10. The fourth-order valence-corrected chi connectivity index (χ4v) is 12.2. The smallest absolute Gasteiger partial charge is 0.0434 e. The van der Waals surface area contributed by atoms with E-state index >= 15 is 0 Å². The summed E-state index contributed by atoms with van der Waals surface area (Å²) in [5, 5.41) is 16.8. The minimum absolute atomic E-state index is 0.286. The molecule has 0 aliphatic rings. The van der Waals surface area contributed by atoms with E-state index in [4.69, 9.17) is 5.11 Å². The molecule has 1 N–H and O–H groups in total. The topological polar surface area (TPSA) is 20.2 Å². The Balaban J connectivity index is 0.000000145. The lowest BCUT2D eigenvalue weighted by Crippen LogP contribution is -1.88. The van der Waals surface area contributed by atoms with Gasteiger partial charge in [-0.25, -0.2) is 0 Å². The van der Waals surface area contributed by atoms with Crippen LogP contribution in [-0.4, -0.2) is 11.7 Å². The van der Waals surface area contributed by atoms with E-state index in [0.29, 0.717) is 0 Å². The van der Waals surface area contributed by atoms with Crippen molar-refractivity contribution in [2.45, 2.75) is 95.9 Å². The molecule has 0 saturated carbocycles. The molecule has 0 aliphatic heterocycles. The van der Waals surface area contributed by atoms with Crippen LogP contribution in [0.3, 0.4) is 0 Å². The molecule has 0 fully saturated rings. The highest BCUT2D eigenvalue weighted by molar-refractivity contribution is 6.23. The van der Waals surface area contributed by atoms with Crippen molar-refractivity contribution >= 4 is 56.1 Å². The third-order valence-corrected chi connectivity index (χ3v) is 18.7. The Morgan fingerprint density at radius 1 is 0.250 bits per heavy atom. The zero-order chi connectivity index (χ0) is 76.4. The second kappa shape index (κ2) is 42.2. The highest BCUT2D eigenvalue weighted by Crippen LogP contribution is 2.36. The molecule has 0 atom stereocenters. The lowest BCUT2D eigenvalue weighted by molar-refractivity contribution is 0.288. The van der Waals surface area contributed by atoms with Crippen LogP contribution in [0.4, 0.5) is 0 Å². The first-order valence-corrected chi connectivity index (χ1v) is 37.8. The van der Waals surface area contributed by atoms with Gasteiger partial charge in [0.2, 0.25) is 0 Å². The van der Waals surface area contributed by atoms with Crippen LogP contribution in [0.1, 0.15) is 107 Å². The molecule has 0 spiro atoms. The van der Waals surface area contributed by atoms with E-state index in [-0.39, 0.29) is 6.61 Å². The molecule has 0 unspecified atom stereocenters. The first-order valence-electron chi connectivity index (χ1n) is 37.8. The second-order valence-electron chi connectivity index (χ2n) is 28.2. The maximum absolute atomic E-state index is 8.58. The van der Waals surface area contributed by atoms with Crippen LogP contribution in [0.15, 0.2) is 364 Å². The summed E-state index contributed by atoms with van der Waals surface area (Å²) in [5.74, 6) is 0. The molecule has 1 nitrogen and oxygen atoms in total. The summed E-state index contributed by atoms with van der Waals surface area (Å²) in [5.41, 5.74) is 29.7. The van der Waals surface area contributed by atoms with Gasteiger partial charge in [-0.3, -0.25) is 0 Å². The van der Waals surface area contributed by atoms with Gasteiger partial charge in [0.1, 0.15) is 0 Å². The highest BCUT2D eigenvalue weighted by atomic mass is 16.3. The summed E-state index contributed by atoms with van der Waals surface area (Å²) in [6, 6.07) is 128. The maximum Gasteiger partial charge on any atom is 0.0434 e. The Morgan fingerprint density at radius 2 is 0.556 bits per heavy atom. The summed E-state index contributed by atoms with van der Waals surface area (Å²) in [7, 11) is 0. The van der Waals surface area contributed by atoms with Gasteiger partial charge in [0.05, 0.1) is 0 Å². The Bertz CT molecular complexity index is 5120. The molecule has 0 radical (unpaired) electrons. The molecule has 0 amide bonds. The van der Waals surface area contributed by atoms with Crippen molar-refractivity contribution in [3.05, 3.63) is 464 Å². The standard InChI is InChI=1S/C21H18.C17H12.C16H16.C14H14.C13H12.C10H14O.2C8H10/c1-17-12-14-18(15-13-17)16-21(19-8-4-2-5-9-19)20-10-6-3-7-11-20;1-11-5-6-14-8-7-12-3-2-4-13-9-10-15(11)17(14)16(12)13;1-13-3-7-15(8-4-13)11-12-16-9-5-14(2)6-10-16;1-11-3-7-13(8-4-11)14-9-5-12(2)6-10-14;1-11-7-9-13(10-8-11)12-5-3-2-4-6-12;1-9-4-6-10(7-5-9)3-2-8-11;1-7-3-5-8(2)6-4-7;1-7-4-3-5-8(2)6-7/h2-16H,1H3;2-10H,1H3;3-12H,1-2H3;3-10H,1-2H3;2-10H,1H3;4-7,11H,2-3,8H2,1H3;2*3-6H,1-2H3. The predicted molar refractivity (Wildman–Crippen MR) is 474 cm³/mol. The number of hydrogen-bond donors (Lipinski definition) is 1. The molecule has 16 aromatic carbocycles. The normalized spacial score (nSPS) is 10.3. The monoisotopic (exact) mass is 1410 g/mol. The zero-order valence-electron chi connectivity index (χ0n) is 65.4. The van der Waals surface area contributed by atoms with Crippen LogP contribution in [-0.2, 0) is 6.42 Å². The lowest BCUT2D eigenvalue weighted by Gasteiger charge is -2.11. The van der Waals surface area contributed by atoms with Crippen molar-refractivity contribution in [3.63, 3.8) is 0 Å². The largest absolute Gasteiger partial charge is 0.396 e. The summed E-state index contributed by atoms with van der Waals surface area (Å²) in [4.78, 5) is 0. The van der Waals surface area contributed by atoms with E-state index in [1.54, 1.807) is 0 Å². The van der Waals surface area contributed by atoms with Crippen LogP contribution in [0.25, 0.3) is 78.4 Å². The molecule has 16 aromatic rings. The van der Waals surface area contributed by atoms with Crippen molar-refractivity contribution in [2.75, 3.05) is 6.61 Å². The molecule has 0 aliphatic carbocycles. The average molecular weight is 1410 g/mol. The van der Waals surface area contributed by atoms with Gasteiger partial charge in [0.25, 0.3) is 0 Å². The first kappa shape index (κ1) is 80.1. The molecule has 540 valence electrons. The summed E-state index contributed by atoms with van der Waals surface area (Å²) < 4.78 is 0. The Morgan fingerprint density at radius 3 is 0.926 bits per heavy atom. The van der Waals surface area contributed by atoms with Crippen molar-refractivity contribution in [2.24, 2.45) is 0 Å². The van der Waals surface area contributed by atoms with Crippen molar-refractivity contribution in [3.8, 4) is 22.3 Å². The van der Waals surface area contributed by atoms with E-state index in [9.17, 15) is 0 Å². The fourth-order valence-electron chi connectivity index (χ4n) is 12.2. The van der Waals surface area contributed by atoms with Crippen LogP contribution in [0.2, 0.25) is 0 Å². The molecular formula is C107H106O. The molecule has 1 heteroatoms. The van der Waals surface area contributed by atoms with Crippen molar-refractivity contribution in [1.29, 1.82) is 0 Å². The molecule has 108 heavy (non-hydrogen) atoms. The summed E-state index contributed by atoms with van der Waals surface area (Å²) >= 11 is 0. The highest BCUT2D eigenvalue weighted by Gasteiger charge is 2.09. The molecule has 0 saturated heterocycles. The third kappa shape index (κ3) is 26.2. The third-order valence-electron chi connectivity index (χ3n) is 18.7. The Kier molecular flexibility index (Phi) is 31.3. The van der Waals surface area contributed by atoms with Crippen LogP contribution in [0.5, 0.6) is 0 Å². The minimum atomic E-state index is 0.286. The first-order chi connectivity index (χ1) is 52.4. The van der Waals surface area contributed by atoms with Gasteiger partial charge in [-0.05, 0) is 201 Å². The average Bonchev–Trinajstić information content (AvgIpc) is 0.744. The maximum atomic E-state index is 8.58. The Labute approximate surface area is 646 Å². The van der Waals surface area contributed by atoms with Crippen LogP contribution < -0.4 is 0 Å². The van der Waals surface area contributed by atoms with Gasteiger partial charge in [0.15, 0.2) is 0 Å². The van der Waals surface area contributed by atoms with Gasteiger partial charge in [-0.1, -0.05) is 437 Å². The molecule has 16 rings (SSSR count). The minimum Gasteiger partial charge on any atom is -0.396 e. The number of aryl methyl sites for hydroxylation is 13. The second-order valence-corrected chi connectivity index (χ2v) is 28.2. The Hall–Kier alpha value is -12.0. The van der Waals surface area contributed by atoms with E-state index in [1.807, 2.05) is 6.07 Å². The fraction of sp³-hybridized carbons (Fsp3) is 0.140. The van der Waals surface area contributed by atoms with E-state index in [0.717, 1.165) is 12.8 Å². The number of benzene rings is 16. The SMILES string of the molecule is Cc1ccc(-c2ccc(C)cc2)cc1.Cc1ccc(-c2ccccc2)cc1.Cc1ccc(C)cc1.Cc1ccc(C=C(c2ccccc2)c2ccccc2)cc1.Cc1ccc(C=Cc2ccc(C)cc2)cc1.Cc1ccc(CCCO)cc1.Cc1ccc2ccc3cccc4ccc1c2c34.Cc1cccc(C)c1. The van der Waals surface area contributed by atoms with Gasteiger partial charge < -0.3 is 5.11 Å². The van der Waals surface area contributed by atoms with E-state index in [2.05, 4.69) is 459 Å².